The average Bonchev–Trinajstić information content (AvgIpc) is 3.62. The first-order valence-corrected chi connectivity index (χ1v) is 14.3. The molecule has 4 N–H and O–H groups in total. The van der Waals surface area contributed by atoms with Gasteiger partial charge in [0.1, 0.15) is 35.8 Å². The van der Waals surface area contributed by atoms with E-state index >= 15 is 0 Å². The highest BCUT2D eigenvalue weighted by molar-refractivity contribution is 5.87. The van der Waals surface area contributed by atoms with Gasteiger partial charge < -0.3 is 35.3 Å². The molecule has 0 bridgehead atoms. The van der Waals surface area contributed by atoms with Gasteiger partial charge in [-0.05, 0) is 58.1 Å². The number of alkyl carbamates (subject to hydrolysis) is 1. The Hall–Kier alpha value is -4.42. The number of nitrogens with zero attached hydrogens (tertiary/aromatic N) is 5. The number of H-pyrrole nitrogens is 1. The van der Waals surface area contributed by atoms with E-state index in [4.69, 9.17) is 15.2 Å². The Morgan fingerprint density at radius 1 is 1.19 bits per heavy atom. The summed E-state index contributed by atoms with van der Waals surface area (Å²) in [6, 6.07) is 5.11. The van der Waals surface area contributed by atoms with Crippen LogP contribution in [-0.2, 0) is 27.3 Å². The summed E-state index contributed by atoms with van der Waals surface area (Å²) in [7, 11) is 0. The van der Waals surface area contributed by atoms with E-state index in [0.717, 1.165) is 47.6 Å². The van der Waals surface area contributed by atoms with Gasteiger partial charge in [0.15, 0.2) is 11.5 Å². The van der Waals surface area contributed by atoms with Crippen LogP contribution in [0.4, 0.5) is 10.6 Å². The van der Waals surface area contributed by atoms with Crippen molar-refractivity contribution in [1.29, 1.82) is 0 Å². The van der Waals surface area contributed by atoms with Gasteiger partial charge in [-0.3, -0.25) is 9.59 Å². The number of anilines is 1. The van der Waals surface area contributed by atoms with Gasteiger partial charge in [-0.2, -0.15) is 0 Å². The molecule has 224 valence electrons. The summed E-state index contributed by atoms with van der Waals surface area (Å²) < 4.78 is 11.8. The molecule has 1 fully saturated rings. The third kappa shape index (κ3) is 6.72. The van der Waals surface area contributed by atoms with Gasteiger partial charge in [0, 0.05) is 31.6 Å². The standard InChI is InChI=1S/C29H38N8O5/c1-29(2,3)42-28(40)35-21(9-10-23(30)38)27(39)36-13-11-18-6-4-8-22(20(18)14-36)41-15-19-7-5-12-37(19)26-24-25(32-16-31-24)33-17-34-26/h4,6,8,16-17,19,21H,5,7,9-15H2,1-3H3,(H2,30,38)(H,35,40)(H,31,32,33,34)/t19-,21+/m1/s1. The molecule has 3 aromatic rings. The topological polar surface area (TPSA) is 169 Å². The maximum Gasteiger partial charge on any atom is 0.408 e. The Labute approximate surface area is 244 Å². The Kier molecular flexibility index (Phi) is 8.46. The van der Waals surface area contributed by atoms with E-state index in [2.05, 4.69) is 30.2 Å². The molecule has 1 aromatic carbocycles. The van der Waals surface area contributed by atoms with Crippen molar-refractivity contribution in [3.8, 4) is 5.75 Å². The lowest BCUT2D eigenvalue weighted by Gasteiger charge is -2.33. The second-order valence-electron chi connectivity index (χ2n) is 11.7. The summed E-state index contributed by atoms with van der Waals surface area (Å²) in [6.07, 6.45) is 5.08. The fourth-order valence-electron chi connectivity index (χ4n) is 5.53. The molecule has 0 saturated carbocycles. The lowest BCUT2D eigenvalue weighted by atomic mass is 9.97. The smallest absolute Gasteiger partial charge is 0.408 e. The van der Waals surface area contributed by atoms with E-state index in [1.165, 1.54) is 6.33 Å². The Bertz CT molecular complexity index is 1450. The summed E-state index contributed by atoms with van der Waals surface area (Å²) in [5, 5.41) is 2.64. The molecule has 13 heteroatoms. The summed E-state index contributed by atoms with van der Waals surface area (Å²) in [4.78, 5) is 57.7. The summed E-state index contributed by atoms with van der Waals surface area (Å²) in [6.45, 7) is 7.33. The fourth-order valence-corrected chi connectivity index (χ4v) is 5.53. The van der Waals surface area contributed by atoms with Crippen molar-refractivity contribution in [3.63, 3.8) is 0 Å². The number of aromatic amines is 1. The van der Waals surface area contributed by atoms with E-state index in [0.29, 0.717) is 31.8 Å². The van der Waals surface area contributed by atoms with E-state index in [-0.39, 0.29) is 24.8 Å². The van der Waals surface area contributed by atoms with Crippen molar-refractivity contribution in [2.75, 3.05) is 24.6 Å². The highest BCUT2D eigenvalue weighted by atomic mass is 16.6. The average molecular weight is 579 g/mol. The number of hydrogen-bond acceptors (Lipinski definition) is 9. The first-order valence-electron chi connectivity index (χ1n) is 14.3. The minimum absolute atomic E-state index is 0.0416. The number of ether oxygens (including phenoxy) is 2. The summed E-state index contributed by atoms with van der Waals surface area (Å²) in [5.74, 6) is 0.696. The zero-order valence-corrected chi connectivity index (χ0v) is 24.3. The van der Waals surface area contributed by atoms with E-state index in [1.54, 1.807) is 32.0 Å². The first-order chi connectivity index (χ1) is 20.1. The normalized spacial score (nSPS) is 17.5. The minimum atomic E-state index is -0.943. The van der Waals surface area contributed by atoms with Crippen LogP contribution in [0.3, 0.4) is 0 Å². The summed E-state index contributed by atoms with van der Waals surface area (Å²) in [5.41, 5.74) is 8.10. The third-order valence-electron chi connectivity index (χ3n) is 7.49. The predicted octanol–water partition coefficient (Wildman–Crippen LogP) is 2.44. The van der Waals surface area contributed by atoms with Gasteiger partial charge >= 0.3 is 6.09 Å². The van der Waals surface area contributed by atoms with Crippen molar-refractivity contribution >= 4 is 34.9 Å². The van der Waals surface area contributed by atoms with Crippen molar-refractivity contribution in [1.82, 2.24) is 30.2 Å². The third-order valence-corrected chi connectivity index (χ3v) is 7.49. The van der Waals surface area contributed by atoms with Crippen LogP contribution in [0.15, 0.2) is 30.9 Å². The van der Waals surface area contributed by atoms with Crippen LogP contribution >= 0.6 is 0 Å². The van der Waals surface area contributed by atoms with E-state index in [9.17, 15) is 14.4 Å². The number of aromatic nitrogens is 4. The number of nitrogens with one attached hydrogen (secondary N) is 2. The molecule has 2 atom stereocenters. The van der Waals surface area contributed by atoms with E-state index < -0.39 is 23.6 Å². The van der Waals surface area contributed by atoms with Gasteiger partial charge in [0.2, 0.25) is 11.8 Å². The number of benzene rings is 1. The van der Waals surface area contributed by atoms with Crippen LogP contribution in [0.5, 0.6) is 5.75 Å². The van der Waals surface area contributed by atoms with Gasteiger partial charge in [-0.15, -0.1) is 0 Å². The molecule has 1 saturated heterocycles. The molecule has 5 rings (SSSR count). The summed E-state index contributed by atoms with van der Waals surface area (Å²) >= 11 is 0. The maximum absolute atomic E-state index is 13.6. The number of primary amides is 1. The number of rotatable bonds is 9. The van der Waals surface area contributed by atoms with Crippen LogP contribution < -0.4 is 20.7 Å². The zero-order chi connectivity index (χ0) is 29.9. The second-order valence-corrected chi connectivity index (χ2v) is 11.7. The quantitative estimate of drug-likeness (QED) is 0.345. The highest BCUT2D eigenvalue weighted by Crippen LogP contribution is 2.32. The van der Waals surface area contributed by atoms with Gasteiger partial charge in [-0.1, -0.05) is 12.1 Å². The molecule has 2 aliphatic heterocycles. The minimum Gasteiger partial charge on any atom is -0.491 e. The Morgan fingerprint density at radius 2 is 2.02 bits per heavy atom. The van der Waals surface area contributed by atoms with Crippen LogP contribution in [0.1, 0.15) is 57.6 Å². The molecule has 42 heavy (non-hydrogen) atoms. The van der Waals surface area contributed by atoms with Gasteiger partial charge in [0.25, 0.3) is 0 Å². The number of imidazole rings is 1. The van der Waals surface area contributed by atoms with Gasteiger partial charge in [0.05, 0.1) is 12.4 Å². The van der Waals surface area contributed by atoms with Crippen molar-refractivity contribution in [2.24, 2.45) is 5.73 Å². The molecule has 0 spiro atoms. The van der Waals surface area contributed by atoms with Crippen LogP contribution in [0.2, 0.25) is 0 Å². The number of fused-ring (bicyclic) bond motifs is 2. The predicted molar refractivity (Wildman–Crippen MR) is 155 cm³/mol. The molecule has 2 aliphatic rings. The molecule has 0 unspecified atom stereocenters. The number of nitrogens with two attached hydrogens (primary N) is 1. The molecular weight excluding hydrogens is 540 g/mol. The zero-order valence-electron chi connectivity index (χ0n) is 24.3. The van der Waals surface area contributed by atoms with E-state index in [1.807, 2.05) is 18.2 Å². The SMILES string of the molecule is CC(C)(C)OC(=O)N[C@@H](CCC(N)=O)C(=O)N1CCc2cccc(OC[C@H]3CCCN3c3ncnc4nc[nH]c34)c2C1. The largest absolute Gasteiger partial charge is 0.491 e. The highest BCUT2D eigenvalue weighted by Gasteiger charge is 2.32. The Balaban J connectivity index is 1.28. The van der Waals surface area contributed by atoms with Crippen molar-refractivity contribution < 1.29 is 23.9 Å². The Morgan fingerprint density at radius 3 is 2.81 bits per heavy atom. The number of amides is 3. The molecule has 2 aromatic heterocycles. The number of carbonyl (C=O) groups is 3. The molecule has 3 amide bonds. The van der Waals surface area contributed by atoms with Crippen LogP contribution in [0.25, 0.3) is 11.2 Å². The molecule has 4 heterocycles. The lowest BCUT2D eigenvalue weighted by molar-refractivity contribution is -0.134. The number of hydrogen-bond donors (Lipinski definition) is 3. The van der Waals surface area contributed by atoms with Crippen molar-refractivity contribution in [2.45, 2.75) is 77.1 Å². The van der Waals surface area contributed by atoms with Crippen LogP contribution in [0, 0.1) is 0 Å². The fraction of sp³-hybridized carbons (Fsp3) is 0.517. The van der Waals surface area contributed by atoms with Crippen LogP contribution in [-0.4, -0.2) is 80.1 Å². The molecule has 13 nitrogen and oxygen atoms in total. The van der Waals surface area contributed by atoms with Crippen molar-refractivity contribution in [3.05, 3.63) is 42.0 Å². The maximum atomic E-state index is 13.6. The lowest BCUT2D eigenvalue weighted by Crippen LogP contribution is -2.51. The molecule has 0 radical (unpaired) electrons. The molecular formula is C29H38N8O5. The second kappa shape index (κ2) is 12.2. The monoisotopic (exact) mass is 578 g/mol. The molecule has 0 aliphatic carbocycles. The first kappa shape index (κ1) is 29.1. The number of carbonyl (C=O) groups excluding carboxylic acids is 3. The van der Waals surface area contributed by atoms with Gasteiger partial charge in [-0.25, -0.2) is 19.7 Å².